The van der Waals surface area contributed by atoms with Crippen molar-refractivity contribution in [3.8, 4) is 0 Å². The van der Waals surface area contributed by atoms with Crippen molar-refractivity contribution in [2.45, 2.75) is 25.7 Å². The topological polar surface area (TPSA) is 0 Å². The maximum absolute atomic E-state index is 3.93. The first kappa shape index (κ1) is 10.2. The molecule has 0 saturated heterocycles. The van der Waals surface area contributed by atoms with Crippen LogP contribution in [0.1, 0.15) is 42.4 Å². The largest absolute Gasteiger partial charge is 0.102 e. The molecule has 0 unspecified atom stereocenters. The molecule has 1 aromatic rings. The molecule has 0 N–H and O–H groups in total. The highest BCUT2D eigenvalue weighted by Gasteiger charge is 2.26. The van der Waals surface area contributed by atoms with E-state index in [0.717, 1.165) is 5.92 Å². The second-order valence-electron chi connectivity index (χ2n) is 4.17. The highest BCUT2D eigenvalue weighted by molar-refractivity contribution is 5.62. The molecule has 1 aliphatic rings. The molecule has 77 valence electrons. The zero-order valence-corrected chi connectivity index (χ0v) is 9.29. The third-order valence-electron chi connectivity index (χ3n) is 3.09. The molecule has 0 amide bonds. The van der Waals surface area contributed by atoms with Crippen LogP contribution in [0.2, 0.25) is 0 Å². The van der Waals surface area contributed by atoms with Gasteiger partial charge in [-0.3, -0.25) is 0 Å². The Hall–Kier alpha value is -1.30. The second kappa shape index (κ2) is 4.06. The Morgan fingerprint density at radius 3 is 2.60 bits per heavy atom. The molecule has 15 heavy (non-hydrogen) atoms. The smallest absolute Gasteiger partial charge is 0.0236 e. The third kappa shape index (κ3) is 1.90. The zero-order valence-electron chi connectivity index (χ0n) is 9.29. The summed E-state index contributed by atoms with van der Waals surface area (Å²) < 4.78 is 0. The normalized spacial score (nSPS) is 15.3. The number of benzene rings is 1. The van der Waals surface area contributed by atoms with Crippen LogP contribution in [0.5, 0.6) is 0 Å². The Morgan fingerprint density at radius 2 is 2.07 bits per heavy atom. The van der Waals surface area contributed by atoms with Crippen molar-refractivity contribution in [1.82, 2.24) is 0 Å². The van der Waals surface area contributed by atoms with Gasteiger partial charge in [-0.2, -0.15) is 0 Å². The van der Waals surface area contributed by atoms with E-state index < -0.39 is 0 Å². The van der Waals surface area contributed by atoms with E-state index in [4.69, 9.17) is 0 Å². The summed E-state index contributed by atoms with van der Waals surface area (Å²) in [5, 5.41) is 0. The van der Waals surface area contributed by atoms with Crippen LogP contribution < -0.4 is 0 Å². The van der Waals surface area contributed by atoms with Crippen LogP contribution in [0, 0.1) is 5.92 Å². The van der Waals surface area contributed by atoms with Crippen LogP contribution in [0.15, 0.2) is 37.4 Å². The van der Waals surface area contributed by atoms with Crippen molar-refractivity contribution < 1.29 is 0 Å². The van der Waals surface area contributed by atoms with Crippen LogP contribution in [0.3, 0.4) is 0 Å². The van der Waals surface area contributed by atoms with Crippen LogP contribution >= 0.6 is 0 Å². The SMILES string of the molecule is C=C[C](C)c1cccc(C2CC2)c1C=C. The van der Waals surface area contributed by atoms with Crippen molar-refractivity contribution in [1.29, 1.82) is 0 Å². The highest BCUT2D eigenvalue weighted by atomic mass is 14.3. The molecule has 0 nitrogen and oxygen atoms in total. The number of hydrogen-bond acceptors (Lipinski definition) is 0. The molecule has 1 aliphatic carbocycles. The zero-order chi connectivity index (χ0) is 10.8. The lowest BCUT2D eigenvalue weighted by atomic mass is 9.90. The van der Waals surface area contributed by atoms with E-state index >= 15 is 0 Å². The van der Waals surface area contributed by atoms with E-state index in [-0.39, 0.29) is 0 Å². The predicted octanol–water partition coefficient (Wildman–Crippen LogP) is 4.34. The molecule has 0 aromatic heterocycles. The molecule has 1 saturated carbocycles. The van der Waals surface area contributed by atoms with Crippen LogP contribution in [-0.4, -0.2) is 0 Å². The van der Waals surface area contributed by atoms with Crippen LogP contribution in [0.4, 0.5) is 0 Å². The van der Waals surface area contributed by atoms with E-state index in [0.29, 0.717) is 0 Å². The van der Waals surface area contributed by atoms with Gasteiger partial charge in [0, 0.05) is 5.92 Å². The lowest BCUT2D eigenvalue weighted by Gasteiger charge is -2.14. The van der Waals surface area contributed by atoms with Crippen LogP contribution in [-0.2, 0) is 0 Å². The molecule has 0 heteroatoms. The summed E-state index contributed by atoms with van der Waals surface area (Å²) in [5.74, 6) is 2.00. The summed E-state index contributed by atoms with van der Waals surface area (Å²) in [6.07, 6.45) is 6.56. The van der Waals surface area contributed by atoms with Gasteiger partial charge in [-0.05, 0) is 35.4 Å². The van der Waals surface area contributed by atoms with E-state index in [9.17, 15) is 0 Å². The lowest BCUT2D eigenvalue weighted by molar-refractivity contribution is 1.10. The Labute approximate surface area is 92.3 Å². The molecular weight excluding hydrogens is 180 g/mol. The lowest BCUT2D eigenvalue weighted by Crippen LogP contribution is -1.97. The fourth-order valence-electron chi connectivity index (χ4n) is 2.02. The first-order valence-corrected chi connectivity index (χ1v) is 5.49. The average Bonchev–Trinajstić information content (AvgIpc) is 3.10. The van der Waals surface area contributed by atoms with Gasteiger partial charge in [0.25, 0.3) is 0 Å². The maximum Gasteiger partial charge on any atom is 0.0236 e. The molecular formula is C15H17. The van der Waals surface area contributed by atoms with Gasteiger partial charge >= 0.3 is 0 Å². The molecule has 0 atom stereocenters. The summed E-state index contributed by atoms with van der Waals surface area (Å²) in [5.41, 5.74) is 4.05. The molecule has 0 aliphatic heterocycles. The first-order valence-electron chi connectivity index (χ1n) is 5.49. The molecule has 0 spiro atoms. The molecule has 1 fully saturated rings. The van der Waals surface area contributed by atoms with Crippen molar-refractivity contribution in [3.05, 3.63) is 60.0 Å². The van der Waals surface area contributed by atoms with Gasteiger partial charge in [0.05, 0.1) is 0 Å². The predicted molar refractivity (Wildman–Crippen MR) is 66.7 cm³/mol. The monoisotopic (exact) mass is 197 g/mol. The summed E-state index contributed by atoms with van der Waals surface area (Å²) in [6.45, 7) is 9.87. The number of rotatable bonds is 4. The van der Waals surface area contributed by atoms with Crippen molar-refractivity contribution in [2.75, 3.05) is 0 Å². The first-order chi connectivity index (χ1) is 7.27. The minimum Gasteiger partial charge on any atom is -0.102 e. The Bertz CT molecular complexity index is 383. The van der Waals surface area contributed by atoms with E-state index in [1.807, 2.05) is 12.2 Å². The van der Waals surface area contributed by atoms with E-state index in [2.05, 4.69) is 38.3 Å². The van der Waals surface area contributed by atoms with E-state index in [1.165, 1.54) is 35.4 Å². The Balaban J connectivity index is 2.48. The molecule has 1 aromatic carbocycles. The fraction of sp³-hybridized carbons (Fsp3) is 0.267. The summed E-state index contributed by atoms with van der Waals surface area (Å²) >= 11 is 0. The van der Waals surface area contributed by atoms with Gasteiger partial charge in [-0.15, -0.1) is 6.58 Å². The highest BCUT2D eigenvalue weighted by Crippen LogP contribution is 2.43. The minimum atomic E-state index is 0.774. The Kier molecular flexibility index (Phi) is 2.77. The van der Waals surface area contributed by atoms with Gasteiger partial charge in [-0.1, -0.05) is 43.9 Å². The molecule has 0 bridgehead atoms. The van der Waals surface area contributed by atoms with Gasteiger partial charge in [0.1, 0.15) is 0 Å². The average molecular weight is 197 g/mol. The van der Waals surface area contributed by atoms with Crippen molar-refractivity contribution in [3.63, 3.8) is 0 Å². The quantitative estimate of drug-likeness (QED) is 0.673. The second-order valence-corrected chi connectivity index (χ2v) is 4.17. The number of hydrogen-bond donors (Lipinski definition) is 0. The van der Waals surface area contributed by atoms with Gasteiger partial charge in [0.2, 0.25) is 0 Å². The number of allylic oxidation sites excluding steroid dienone is 1. The standard InChI is InChI=1S/C15H17/c1-4-11(3)14-7-6-8-15(12-9-10-12)13(14)5-2/h4-8,12H,1-2,9-10H2,3H3. The van der Waals surface area contributed by atoms with Crippen LogP contribution in [0.25, 0.3) is 6.08 Å². The van der Waals surface area contributed by atoms with Crippen molar-refractivity contribution in [2.24, 2.45) is 0 Å². The summed E-state index contributed by atoms with van der Waals surface area (Å²) in [4.78, 5) is 0. The Morgan fingerprint density at radius 1 is 1.33 bits per heavy atom. The molecule has 0 heterocycles. The molecule has 2 rings (SSSR count). The third-order valence-corrected chi connectivity index (χ3v) is 3.09. The van der Waals surface area contributed by atoms with Gasteiger partial charge in [0.15, 0.2) is 0 Å². The van der Waals surface area contributed by atoms with Crippen molar-refractivity contribution >= 4 is 6.08 Å². The maximum atomic E-state index is 3.93. The summed E-state index contributed by atoms with van der Waals surface area (Å²) in [6, 6.07) is 6.53. The van der Waals surface area contributed by atoms with Gasteiger partial charge in [-0.25, -0.2) is 0 Å². The summed E-state index contributed by atoms with van der Waals surface area (Å²) in [7, 11) is 0. The minimum absolute atomic E-state index is 0.774. The van der Waals surface area contributed by atoms with Gasteiger partial charge < -0.3 is 0 Å². The fourth-order valence-corrected chi connectivity index (χ4v) is 2.02. The van der Waals surface area contributed by atoms with E-state index in [1.54, 1.807) is 0 Å². The molecule has 1 radical (unpaired) electrons.